The van der Waals surface area contributed by atoms with Gasteiger partial charge in [0.25, 0.3) is 5.91 Å². The van der Waals surface area contributed by atoms with E-state index in [9.17, 15) is 19.5 Å². The van der Waals surface area contributed by atoms with Crippen LogP contribution in [0.2, 0.25) is 5.02 Å². The van der Waals surface area contributed by atoms with Gasteiger partial charge in [-0.3, -0.25) is 14.4 Å². The van der Waals surface area contributed by atoms with E-state index in [0.717, 1.165) is 5.56 Å². The molecule has 6 nitrogen and oxygen atoms in total. The van der Waals surface area contributed by atoms with Crippen molar-refractivity contribution in [1.82, 2.24) is 0 Å². The molecule has 2 aromatic carbocycles. The number of amides is 2. The smallest absolute Gasteiger partial charge is 0.307 e. The number of aliphatic carboxylic acids is 1. The topological polar surface area (TPSA) is 95.5 Å². The van der Waals surface area contributed by atoms with Crippen molar-refractivity contribution in [3.05, 3.63) is 70.8 Å². The zero-order valence-corrected chi connectivity index (χ0v) is 16.6. The van der Waals surface area contributed by atoms with Crippen molar-refractivity contribution >= 4 is 40.8 Å². The number of nitrogens with one attached hydrogen (secondary N) is 2. The molecule has 1 aliphatic rings. The van der Waals surface area contributed by atoms with E-state index in [2.05, 4.69) is 10.6 Å². The number of carbonyl (C=O) groups excluding carboxylic acids is 2. The van der Waals surface area contributed by atoms with Crippen molar-refractivity contribution in [3.8, 4) is 0 Å². The number of carbonyl (C=O) groups is 3. The minimum Gasteiger partial charge on any atom is -0.481 e. The standard InChI is InChI=1S/C22H21ClN2O4/c1-13-6-11-16(24-21(27)17-4-2-3-5-18(17)22(28)29)12-19(13)25-20(26)14-7-9-15(23)10-8-14/h2-3,6-12,17-18H,4-5H2,1H3,(H,24,27)(H,25,26)(H,28,29). The molecule has 1 aliphatic carbocycles. The fraction of sp³-hybridized carbons (Fsp3) is 0.227. The predicted molar refractivity (Wildman–Crippen MR) is 112 cm³/mol. The van der Waals surface area contributed by atoms with Crippen LogP contribution in [0.5, 0.6) is 0 Å². The summed E-state index contributed by atoms with van der Waals surface area (Å²) in [7, 11) is 0. The molecule has 2 unspecified atom stereocenters. The third kappa shape index (κ3) is 5.03. The second kappa shape index (κ2) is 8.92. The Labute approximate surface area is 173 Å². The van der Waals surface area contributed by atoms with Crippen LogP contribution in [0.3, 0.4) is 0 Å². The summed E-state index contributed by atoms with van der Waals surface area (Å²) in [5, 5.41) is 15.5. The quantitative estimate of drug-likeness (QED) is 0.630. The van der Waals surface area contributed by atoms with Crippen molar-refractivity contribution in [2.45, 2.75) is 19.8 Å². The van der Waals surface area contributed by atoms with Gasteiger partial charge < -0.3 is 15.7 Å². The largest absolute Gasteiger partial charge is 0.481 e. The van der Waals surface area contributed by atoms with Gasteiger partial charge in [0, 0.05) is 22.0 Å². The van der Waals surface area contributed by atoms with E-state index >= 15 is 0 Å². The molecule has 0 spiro atoms. The molecule has 2 atom stereocenters. The molecule has 150 valence electrons. The lowest BCUT2D eigenvalue weighted by molar-refractivity contribution is -0.146. The fourth-order valence-corrected chi connectivity index (χ4v) is 3.37. The number of hydrogen-bond acceptors (Lipinski definition) is 3. The van der Waals surface area contributed by atoms with Crippen molar-refractivity contribution in [1.29, 1.82) is 0 Å². The molecule has 0 radical (unpaired) electrons. The molecule has 3 N–H and O–H groups in total. The molecule has 2 amide bonds. The highest BCUT2D eigenvalue weighted by Crippen LogP contribution is 2.28. The van der Waals surface area contributed by atoms with Gasteiger partial charge in [0.1, 0.15) is 0 Å². The van der Waals surface area contributed by atoms with Crippen LogP contribution >= 0.6 is 11.6 Å². The van der Waals surface area contributed by atoms with E-state index < -0.39 is 17.8 Å². The van der Waals surface area contributed by atoms with Crippen LogP contribution in [-0.4, -0.2) is 22.9 Å². The highest BCUT2D eigenvalue weighted by molar-refractivity contribution is 6.30. The number of benzene rings is 2. The molecule has 0 bridgehead atoms. The molecule has 29 heavy (non-hydrogen) atoms. The Balaban J connectivity index is 1.74. The third-order valence-corrected chi connectivity index (χ3v) is 5.20. The van der Waals surface area contributed by atoms with Crippen LogP contribution in [0.1, 0.15) is 28.8 Å². The zero-order chi connectivity index (χ0) is 21.0. The average Bonchev–Trinajstić information content (AvgIpc) is 2.70. The monoisotopic (exact) mass is 412 g/mol. The molecule has 0 aliphatic heterocycles. The number of aryl methyl sites for hydroxylation is 1. The third-order valence-electron chi connectivity index (χ3n) is 4.95. The summed E-state index contributed by atoms with van der Waals surface area (Å²) < 4.78 is 0. The second-order valence-corrected chi connectivity index (χ2v) is 7.41. The Hall–Kier alpha value is -3.12. The van der Waals surface area contributed by atoms with Gasteiger partial charge >= 0.3 is 5.97 Å². The number of carboxylic acids is 1. The van der Waals surface area contributed by atoms with Gasteiger partial charge in [-0.1, -0.05) is 29.8 Å². The SMILES string of the molecule is Cc1ccc(NC(=O)C2CC=CCC2C(=O)O)cc1NC(=O)c1ccc(Cl)cc1. The summed E-state index contributed by atoms with van der Waals surface area (Å²) in [5.74, 6) is -2.99. The first-order valence-electron chi connectivity index (χ1n) is 9.21. The summed E-state index contributed by atoms with van der Waals surface area (Å²) in [6, 6.07) is 11.7. The Morgan fingerprint density at radius 3 is 2.28 bits per heavy atom. The molecular formula is C22H21ClN2O4. The molecule has 0 saturated carbocycles. The Bertz CT molecular complexity index is 969. The molecular weight excluding hydrogens is 392 g/mol. The first-order valence-corrected chi connectivity index (χ1v) is 9.59. The fourth-order valence-electron chi connectivity index (χ4n) is 3.24. The summed E-state index contributed by atoms with van der Waals surface area (Å²) >= 11 is 5.85. The number of anilines is 2. The molecule has 0 aromatic heterocycles. The van der Waals surface area contributed by atoms with E-state index in [-0.39, 0.29) is 11.8 Å². The highest BCUT2D eigenvalue weighted by atomic mass is 35.5. The maximum atomic E-state index is 12.6. The minimum atomic E-state index is -0.977. The summed E-state index contributed by atoms with van der Waals surface area (Å²) in [5.41, 5.74) is 2.34. The molecule has 3 rings (SSSR count). The van der Waals surface area contributed by atoms with Crippen LogP contribution in [0.4, 0.5) is 11.4 Å². The van der Waals surface area contributed by atoms with Gasteiger partial charge in [-0.15, -0.1) is 0 Å². The van der Waals surface area contributed by atoms with Gasteiger partial charge in [-0.05, 0) is 61.7 Å². The number of carboxylic acid groups (broad SMARTS) is 1. The van der Waals surface area contributed by atoms with Crippen LogP contribution in [-0.2, 0) is 9.59 Å². The lowest BCUT2D eigenvalue weighted by Gasteiger charge is -2.24. The van der Waals surface area contributed by atoms with Crippen molar-refractivity contribution in [2.24, 2.45) is 11.8 Å². The summed E-state index contributed by atoms with van der Waals surface area (Å²) in [4.78, 5) is 36.5. The van der Waals surface area contributed by atoms with Gasteiger partial charge in [0.15, 0.2) is 0 Å². The normalized spacial score (nSPS) is 18.1. The van der Waals surface area contributed by atoms with Crippen LogP contribution < -0.4 is 10.6 Å². The predicted octanol–water partition coefficient (Wildman–Crippen LogP) is 4.51. The van der Waals surface area contributed by atoms with E-state index in [4.69, 9.17) is 11.6 Å². The summed E-state index contributed by atoms with van der Waals surface area (Å²) in [6.07, 6.45) is 4.34. The first kappa shape index (κ1) is 20.6. The Morgan fingerprint density at radius 1 is 0.966 bits per heavy atom. The van der Waals surface area contributed by atoms with E-state index in [1.807, 2.05) is 13.0 Å². The highest BCUT2D eigenvalue weighted by Gasteiger charge is 2.34. The lowest BCUT2D eigenvalue weighted by atomic mass is 9.82. The number of allylic oxidation sites excluding steroid dienone is 2. The summed E-state index contributed by atoms with van der Waals surface area (Å²) in [6.45, 7) is 1.84. The van der Waals surface area contributed by atoms with Crippen LogP contribution in [0.15, 0.2) is 54.6 Å². The molecule has 7 heteroatoms. The van der Waals surface area contributed by atoms with E-state index in [1.54, 1.807) is 48.5 Å². The molecule has 2 aromatic rings. The zero-order valence-electron chi connectivity index (χ0n) is 15.8. The van der Waals surface area contributed by atoms with Crippen molar-refractivity contribution in [3.63, 3.8) is 0 Å². The molecule has 0 heterocycles. The minimum absolute atomic E-state index is 0.295. The number of rotatable bonds is 5. The second-order valence-electron chi connectivity index (χ2n) is 6.97. The van der Waals surface area contributed by atoms with E-state index in [0.29, 0.717) is 34.8 Å². The number of halogens is 1. The number of hydrogen-bond donors (Lipinski definition) is 3. The lowest BCUT2D eigenvalue weighted by Crippen LogP contribution is -2.34. The van der Waals surface area contributed by atoms with E-state index in [1.165, 1.54) is 0 Å². The van der Waals surface area contributed by atoms with Gasteiger partial charge in [-0.25, -0.2) is 0 Å². The van der Waals surface area contributed by atoms with Gasteiger partial charge in [0.2, 0.25) is 5.91 Å². The maximum absolute atomic E-state index is 12.6. The molecule has 0 fully saturated rings. The Morgan fingerprint density at radius 2 is 1.62 bits per heavy atom. The van der Waals surface area contributed by atoms with Crippen molar-refractivity contribution < 1.29 is 19.5 Å². The van der Waals surface area contributed by atoms with Crippen LogP contribution in [0, 0.1) is 18.8 Å². The van der Waals surface area contributed by atoms with Crippen molar-refractivity contribution in [2.75, 3.05) is 10.6 Å². The maximum Gasteiger partial charge on any atom is 0.307 e. The average molecular weight is 413 g/mol. The van der Waals surface area contributed by atoms with Gasteiger partial charge in [0.05, 0.1) is 11.8 Å². The molecule has 0 saturated heterocycles. The Kier molecular flexibility index (Phi) is 6.34. The van der Waals surface area contributed by atoms with Crippen LogP contribution in [0.25, 0.3) is 0 Å². The van der Waals surface area contributed by atoms with Gasteiger partial charge in [-0.2, -0.15) is 0 Å². The first-order chi connectivity index (χ1) is 13.8.